The van der Waals surface area contributed by atoms with Crippen LogP contribution >= 0.6 is 0 Å². The maximum atomic E-state index is 15.3. The van der Waals surface area contributed by atoms with Crippen LogP contribution in [0, 0.1) is 23.6 Å². The van der Waals surface area contributed by atoms with Gasteiger partial charge in [-0.2, -0.15) is 4.99 Å². The van der Waals surface area contributed by atoms with Gasteiger partial charge in [0.1, 0.15) is 35.1 Å². The van der Waals surface area contributed by atoms with Crippen molar-refractivity contribution in [3.8, 4) is 5.75 Å². The molecule has 5 amide bonds. The van der Waals surface area contributed by atoms with Crippen molar-refractivity contribution in [3.63, 3.8) is 0 Å². The molecule has 3 rings (SSSR count). The summed E-state index contributed by atoms with van der Waals surface area (Å²) in [4.78, 5) is 57.5. The fourth-order valence-corrected chi connectivity index (χ4v) is 5.75. The number of likely N-dealkylation sites (tertiary alicyclic amines) is 2. The lowest BCUT2D eigenvalue weighted by Gasteiger charge is -2.34. The topological polar surface area (TPSA) is 170 Å². The molecule has 0 radical (unpaired) electrons. The van der Waals surface area contributed by atoms with Crippen LogP contribution in [0.4, 0.5) is 14.0 Å². The number of urea groups is 1. The molecule has 256 valence electrons. The highest BCUT2D eigenvalue weighted by Crippen LogP contribution is 2.28. The quantitative estimate of drug-likeness (QED) is 0.241. The second kappa shape index (κ2) is 16.1. The molecule has 5 N–H and O–H groups in total. The van der Waals surface area contributed by atoms with Crippen molar-refractivity contribution in [2.75, 3.05) is 26.2 Å². The van der Waals surface area contributed by atoms with E-state index in [2.05, 4.69) is 17.2 Å². The van der Waals surface area contributed by atoms with Gasteiger partial charge in [0.15, 0.2) is 0 Å². The van der Waals surface area contributed by atoms with E-state index in [1.165, 1.54) is 17.0 Å². The first kappa shape index (κ1) is 36.6. The summed E-state index contributed by atoms with van der Waals surface area (Å²) in [5, 5.41) is 2.56. The fourth-order valence-electron chi connectivity index (χ4n) is 5.75. The Balaban J connectivity index is 1.56. The summed E-state index contributed by atoms with van der Waals surface area (Å²) in [5.41, 5.74) is 10.7. The molecule has 2 fully saturated rings. The predicted molar refractivity (Wildman–Crippen MR) is 173 cm³/mol. The number of piperidine rings is 1. The van der Waals surface area contributed by atoms with E-state index in [1.54, 1.807) is 31.7 Å². The normalized spacial score (nSPS) is 19.1. The summed E-state index contributed by atoms with van der Waals surface area (Å²) in [6, 6.07) is 2.20. The van der Waals surface area contributed by atoms with E-state index >= 15 is 4.39 Å². The van der Waals surface area contributed by atoms with Crippen LogP contribution in [0.3, 0.4) is 0 Å². The second-order valence-corrected chi connectivity index (χ2v) is 13.7. The molecule has 0 unspecified atom stereocenters. The van der Waals surface area contributed by atoms with E-state index in [0.29, 0.717) is 62.5 Å². The summed E-state index contributed by atoms with van der Waals surface area (Å²) in [6.45, 7) is 13.0. The van der Waals surface area contributed by atoms with Crippen molar-refractivity contribution in [2.45, 2.75) is 97.8 Å². The van der Waals surface area contributed by atoms with Gasteiger partial charge >= 0.3 is 12.1 Å². The molecule has 3 atom stereocenters. The van der Waals surface area contributed by atoms with E-state index in [-0.39, 0.29) is 23.9 Å². The molecule has 2 saturated heterocycles. The summed E-state index contributed by atoms with van der Waals surface area (Å²) >= 11 is 0. The van der Waals surface area contributed by atoms with Crippen molar-refractivity contribution in [3.05, 3.63) is 29.6 Å². The maximum absolute atomic E-state index is 15.3. The minimum absolute atomic E-state index is 0.0194. The molecule has 0 spiro atoms. The summed E-state index contributed by atoms with van der Waals surface area (Å²) < 4.78 is 26.5. The molecule has 0 aromatic heterocycles. The molecular formula is C33H51FN6O6. The van der Waals surface area contributed by atoms with Crippen LogP contribution in [0.2, 0.25) is 0 Å². The van der Waals surface area contributed by atoms with Gasteiger partial charge in [-0.05, 0) is 76.3 Å². The highest BCUT2D eigenvalue weighted by molar-refractivity contribution is 5.94. The van der Waals surface area contributed by atoms with Gasteiger partial charge in [0.05, 0.1) is 6.61 Å². The first-order valence-electron chi connectivity index (χ1n) is 16.2. The third kappa shape index (κ3) is 10.6. The lowest BCUT2D eigenvalue weighted by atomic mass is 9.84. The number of halogens is 1. The van der Waals surface area contributed by atoms with E-state index in [1.807, 2.05) is 13.8 Å². The number of hydrogen-bond donors (Lipinski definition) is 3. The maximum Gasteiger partial charge on any atom is 0.408 e. The molecule has 2 aliphatic rings. The zero-order valence-electron chi connectivity index (χ0n) is 28.0. The van der Waals surface area contributed by atoms with Crippen LogP contribution in [0.1, 0.15) is 79.2 Å². The van der Waals surface area contributed by atoms with Gasteiger partial charge in [-0.1, -0.05) is 26.8 Å². The van der Waals surface area contributed by atoms with Crippen LogP contribution < -0.4 is 21.5 Å². The Bertz CT molecular complexity index is 1270. The van der Waals surface area contributed by atoms with Crippen molar-refractivity contribution >= 4 is 29.8 Å². The second-order valence-electron chi connectivity index (χ2n) is 13.7. The number of carbonyl (C=O) groups excluding carboxylic acids is 4. The minimum Gasteiger partial charge on any atom is -0.493 e. The molecule has 12 nitrogen and oxygen atoms in total. The standard InChI is InChI=1S/C33H51FN6O6/c1-20(2)28(35)38-31(43)39-15-11-22(12-16-39)21(3)13-17-45-24-10-9-23(25(34)19-24)18-26(37-32(44)46-33(4,5)6)30(42)40-14-7-8-27(40)29(36)41/h9-10,19-22,26-27H,7-8,11-18H2,1-6H3,(H2,36,41)(H,37,44)(H2,35,38,43)/t21-,26+,27+/m1/s1. The smallest absolute Gasteiger partial charge is 0.408 e. The number of amides is 5. The Labute approximate surface area is 271 Å². The van der Waals surface area contributed by atoms with Gasteiger partial charge in [0.2, 0.25) is 11.8 Å². The zero-order valence-corrected chi connectivity index (χ0v) is 28.0. The number of nitrogens with two attached hydrogens (primary N) is 2. The average Bonchev–Trinajstić information content (AvgIpc) is 3.47. The van der Waals surface area contributed by atoms with Crippen LogP contribution in [-0.4, -0.2) is 83.5 Å². The first-order chi connectivity index (χ1) is 21.6. The van der Waals surface area contributed by atoms with Gasteiger partial charge in [0.25, 0.3) is 0 Å². The summed E-state index contributed by atoms with van der Waals surface area (Å²) in [7, 11) is 0. The molecule has 1 aromatic rings. The number of ether oxygens (including phenoxy) is 2. The van der Waals surface area contributed by atoms with Gasteiger partial charge in [-0.25, -0.2) is 14.0 Å². The van der Waals surface area contributed by atoms with Crippen LogP contribution in [-0.2, 0) is 20.7 Å². The van der Waals surface area contributed by atoms with E-state index in [0.717, 1.165) is 19.3 Å². The highest BCUT2D eigenvalue weighted by Gasteiger charge is 2.37. The number of primary amides is 1. The van der Waals surface area contributed by atoms with E-state index in [4.69, 9.17) is 20.9 Å². The first-order valence-corrected chi connectivity index (χ1v) is 16.2. The average molecular weight is 647 g/mol. The Kier molecular flexibility index (Phi) is 12.8. The number of benzene rings is 1. The van der Waals surface area contributed by atoms with Gasteiger partial charge in [-0.15, -0.1) is 0 Å². The molecule has 0 saturated carbocycles. The number of nitrogens with one attached hydrogen (secondary N) is 1. The number of alkyl carbamates (subject to hydrolysis) is 1. The zero-order chi connectivity index (χ0) is 34.2. The molecule has 0 bridgehead atoms. The third-order valence-electron chi connectivity index (χ3n) is 8.58. The Hall–Kier alpha value is -3.90. The number of amidine groups is 1. The van der Waals surface area contributed by atoms with Crippen molar-refractivity contribution in [2.24, 2.45) is 34.2 Å². The molecule has 2 aliphatic heterocycles. The van der Waals surface area contributed by atoms with Gasteiger partial charge < -0.3 is 36.1 Å². The Morgan fingerprint density at radius 2 is 1.74 bits per heavy atom. The molecule has 2 heterocycles. The molecule has 13 heteroatoms. The molecule has 1 aromatic carbocycles. The van der Waals surface area contributed by atoms with Crippen LogP contribution in [0.25, 0.3) is 0 Å². The summed E-state index contributed by atoms with van der Waals surface area (Å²) in [6.07, 6.45) is 2.54. The monoisotopic (exact) mass is 646 g/mol. The highest BCUT2D eigenvalue weighted by atomic mass is 19.1. The summed E-state index contributed by atoms with van der Waals surface area (Å²) in [5.74, 6) is -0.253. The van der Waals surface area contributed by atoms with Crippen LogP contribution in [0.15, 0.2) is 23.2 Å². The minimum atomic E-state index is -1.17. The number of rotatable bonds is 11. The largest absolute Gasteiger partial charge is 0.493 e. The van der Waals surface area contributed by atoms with Crippen molar-refractivity contribution in [1.82, 2.24) is 15.1 Å². The van der Waals surface area contributed by atoms with Gasteiger partial charge in [-0.3, -0.25) is 9.59 Å². The fraction of sp³-hybridized carbons (Fsp3) is 0.667. The molecule has 0 aliphatic carbocycles. The Morgan fingerprint density at radius 1 is 1.07 bits per heavy atom. The van der Waals surface area contributed by atoms with Gasteiger partial charge in [0, 0.05) is 38.0 Å². The lowest BCUT2D eigenvalue weighted by molar-refractivity contribution is -0.139. The predicted octanol–water partition coefficient (Wildman–Crippen LogP) is 3.99. The number of carbonyl (C=O) groups is 4. The number of aliphatic imine (C=N–C) groups is 1. The van der Waals surface area contributed by atoms with Crippen molar-refractivity contribution < 1.29 is 33.0 Å². The lowest BCUT2D eigenvalue weighted by Crippen LogP contribution is -2.54. The van der Waals surface area contributed by atoms with E-state index < -0.39 is 41.4 Å². The molecule has 46 heavy (non-hydrogen) atoms. The Morgan fingerprint density at radius 3 is 2.33 bits per heavy atom. The van der Waals surface area contributed by atoms with Crippen molar-refractivity contribution in [1.29, 1.82) is 0 Å². The molecular weight excluding hydrogens is 595 g/mol. The number of hydrogen-bond acceptors (Lipinski definition) is 6. The van der Waals surface area contributed by atoms with E-state index in [9.17, 15) is 19.2 Å². The SMILES string of the molecule is CC(C)C(N)=NC(=O)N1CCC([C@H](C)CCOc2ccc(C[C@H](NC(=O)OC(C)(C)C)C(=O)N3CCC[C@H]3C(N)=O)c(F)c2)CC1. The third-order valence-corrected chi connectivity index (χ3v) is 8.58. The van der Waals surface area contributed by atoms with Crippen LogP contribution in [0.5, 0.6) is 5.75 Å². The number of nitrogens with zero attached hydrogens (tertiary/aromatic N) is 3.